The van der Waals surface area contributed by atoms with Crippen molar-refractivity contribution in [3.05, 3.63) is 0 Å². The Balaban J connectivity index is 1.98. The number of hydrogen-bond donors (Lipinski definition) is 2. The topological polar surface area (TPSA) is 61.4 Å². The molecule has 0 radical (unpaired) electrons. The smallest absolute Gasteiger partial charge is 0.312 e. The van der Waals surface area contributed by atoms with Gasteiger partial charge in [-0.25, -0.2) is 0 Å². The monoisotopic (exact) mass is 211 g/mol. The van der Waals surface area contributed by atoms with Crippen LogP contribution in [0.3, 0.4) is 0 Å². The van der Waals surface area contributed by atoms with Gasteiger partial charge >= 0.3 is 11.8 Å². The highest BCUT2D eigenvalue weighted by Gasteiger charge is 2.33. The Hall–Kier alpha value is -1.10. The highest BCUT2D eigenvalue weighted by atomic mass is 16.2. The molecule has 2 aliphatic heterocycles. The molecule has 2 N–H and O–H groups in total. The van der Waals surface area contributed by atoms with E-state index in [-0.39, 0.29) is 11.9 Å². The number of piperazine rings is 1. The quantitative estimate of drug-likeness (QED) is 0.581. The third-order valence-corrected chi connectivity index (χ3v) is 3.12. The molecule has 2 rings (SSSR count). The minimum Gasteiger partial charge on any atom is -0.346 e. The molecule has 0 aromatic heterocycles. The summed E-state index contributed by atoms with van der Waals surface area (Å²) in [6.45, 7) is 4.21. The molecule has 0 spiro atoms. The predicted molar refractivity (Wildman–Crippen MR) is 55.2 cm³/mol. The van der Waals surface area contributed by atoms with Gasteiger partial charge in [0.15, 0.2) is 0 Å². The molecule has 15 heavy (non-hydrogen) atoms. The lowest BCUT2D eigenvalue weighted by Crippen LogP contribution is -2.59. The first kappa shape index (κ1) is 10.4. The molecular formula is C10H17N3O2. The molecule has 5 heteroatoms. The van der Waals surface area contributed by atoms with Crippen molar-refractivity contribution in [2.24, 2.45) is 0 Å². The third kappa shape index (κ3) is 2.12. The van der Waals surface area contributed by atoms with Crippen LogP contribution in [-0.4, -0.2) is 48.4 Å². The summed E-state index contributed by atoms with van der Waals surface area (Å²) >= 11 is 0. The minimum atomic E-state index is -0.467. The third-order valence-electron chi connectivity index (χ3n) is 3.12. The minimum absolute atomic E-state index is 0.109. The molecule has 0 saturated carbocycles. The molecule has 2 saturated heterocycles. The first-order valence-corrected chi connectivity index (χ1v) is 5.50. The largest absolute Gasteiger partial charge is 0.346 e. The van der Waals surface area contributed by atoms with Crippen molar-refractivity contribution >= 4 is 11.8 Å². The lowest BCUT2D eigenvalue weighted by atomic mass is 10.1. The maximum Gasteiger partial charge on any atom is 0.312 e. The molecule has 2 aliphatic rings. The molecule has 0 aromatic carbocycles. The maximum absolute atomic E-state index is 11.6. The molecule has 2 amide bonds. The second kappa shape index (κ2) is 4.18. The standard InChI is InChI=1S/C10H17N3O2/c1-7-5-12-9(14)10(15)13(7)6-8-3-2-4-11-8/h7-8,11H,2-6H2,1H3,(H,12,14). The number of amides is 2. The van der Waals surface area contributed by atoms with Crippen molar-refractivity contribution in [3.8, 4) is 0 Å². The van der Waals surface area contributed by atoms with Crippen LogP contribution < -0.4 is 10.6 Å². The maximum atomic E-state index is 11.6. The number of hydrogen-bond acceptors (Lipinski definition) is 3. The molecule has 84 valence electrons. The Morgan fingerprint density at radius 3 is 2.93 bits per heavy atom. The van der Waals surface area contributed by atoms with Gasteiger partial charge in [-0.15, -0.1) is 0 Å². The Morgan fingerprint density at radius 1 is 1.47 bits per heavy atom. The van der Waals surface area contributed by atoms with Crippen LogP contribution in [0.15, 0.2) is 0 Å². The second-order valence-electron chi connectivity index (χ2n) is 4.31. The first-order valence-electron chi connectivity index (χ1n) is 5.50. The van der Waals surface area contributed by atoms with Gasteiger partial charge in [-0.1, -0.05) is 0 Å². The summed E-state index contributed by atoms with van der Waals surface area (Å²) in [5.41, 5.74) is 0. The van der Waals surface area contributed by atoms with Crippen molar-refractivity contribution in [3.63, 3.8) is 0 Å². The fraction of sp³-hybridized carbons (Fsp3) is 0.800. The van der Waals surface area contributed by atoms with Gasteiger partial charge < -0.3 is 15.5 Å². The van der Waals surface area contributed by atoms with E-state index in [1.54, 1.807) is 4.90 Å². The van der Waals surface area contributed by atoms with Gasteiger partial charge in [0.25, 0.3) is 0 Å². The first-order chi connectivity index (χ1) is 7.18. The van der Waals surface area contributed by atoms with Crippen LogP contribution in [0.25, 0.3) is 0 Å². The molecular weight excluding hydrogens is 194 g/mol. The Kier molecular flexibility index (Phi) is 2.90. The number of carbonyl (C=O) groups excluding carboxylic acids is 2. The molecule has 2 unspecified atom stereocenters. The fourth-order valence-electron chi connectivity index (χ4n) is 2.17. The summed E-state index contributed by atoms with van der Waals surface area (Å²) < 4.78 is 0. The highest BCUT2D eigenvalue weighted by molar-refractivity contribution is 6.35. The van der Waals surface area contributed by atoms with Crippen molar-refractivity contribution in [1.82, 2.24) is 15.5 Å². The highest BCUT2D eigenvalue weighted by Crippen LogP contribution is 2.11. The number of rotatable bonds is 2. The number of nitrogens with one attached hydrogen (secondary N) is 2. The summed E-state index contributed by atoms with van der Waals surface area (Å²) in [4.78, 5) is 24.5. The summed E-state index contributed by atoms with van der Waals surface area (Å²) in [5.74, 6) is -0.853. The van der Waals surface area contributed by atoms with Gasteiger partial charge in [0, 0.05) is 25.2 Å². The molecule has 2 atom stereocenters. The second-order valence-corrected chi connectivity index (χ2v) is 4.31. The van der Waals surface area contributed by atoms with Gasteiger partial charge in [0.1, 0.15) is 0 Å². The van der Waals surface area contributed by atoms with Crippen molar-refractivity contribution in [1.29, 1.82) is 0 Å². The van der Waals surface area contributed by atoms with E-state index >= 15 is 0 Å². The van der Waals surface area contributed by atoms with Crippen LogP contribution in [0.1, 0.15) is 19.8 Å². The zero-order valence-electron chi connectivity index (χ0n) is 8.95. The van der Waals surface area contributed by atoms with E-state index in [4.69, 9.17) is 0 Å². The zero-order valence-corrected chi connectivity index (χ0v) is 8.95. The lowest BCUT2D eigenvalue weighted by Gasteiger charge is -2.34. The molecule has 0 bridgehead atoms. The lowest BCUT2D eigenvalue weighted by molar-refractivity contribution is -0.150. The van der Waals surface area contributed by atoms with Gasteiger partial charge in [-0.2, -0.15) is 0 Å². The van der Waals surface area contributed by atoms with Crippen molar-refractivity contribution in [2.75, 3.05) is 19.6 Å². The molecule has 2 heterocycles. The predicted octanol–water partition coefficient (Wildman–Crippen LogP) is -0.915. The van der Waals surface area contributed by atoms with Crippen molar-refractivity contribution in [2.45, 2.75) is 31.8 Å². The fourth-order valence-corrected chi connectivity index (χ4v) is 2.17. The molecule has 2 fully saturated rings. The Labute approximate surface area is 89.2 Å². The van der Waals surface area contributed by atoms with Gasteiger partial charge in [0.2, 0.25) is 0 Å². The van der Waals surface area contributed by atoms with E-state index in [0.29, 0.717) is 19.1 Å². The van der Waals surface area contributed by atoms with Crippen LogP contribution in [0, 0.1) is 0 Å². The van der Waals surface area contributed by atoms with Crippen LogP contribution in [0.5, 0.6) is 0 Å². The van der Waals surface area contributed by atoms with Gasteiger partial charge in [0.05, 0.1) is 0 Å². The van der Waals surface area contributed by atoms with E-state index in [9.17, 15) is 9.59 Å². The summed E-state index contributed by atoms with van der Waals surface area (Å²) in [7, 11) is 0. The summed E-state index contributed by atoms with van der Waals surface area (Å²) in [6.07, 6.45) is 2.26. The summed E-state index contributed by atoms with van der Waals surface area (Å²) in [5, 5.41) is 5.92. The van der Waals surface area contributed by atoms with E-state index in [0.717, 1.165) is 19.4 Å². The number of carbonyl (C=O) groups is 2. The van der Waals surface area contributed by atoms with Crippen LogP contribution in [-0.2, 0) is 9.59 Å². The normalized spacial score (nSPS) is 31.9. The van der Waals surface area contributed by atoms with E-state index in [1.807, 2.05) is 6.92 Å². The molecule has 5 nitrogen and oxygen atoms in total. The van der Waals surface area contributed by atoms with E-state index in [1.165, 1.54) is 0 Å². The molecule has 0 aromatic rings. The van der Waals surface area contributed by atoms with Gasteiger partial charge in [-0.3, -0.25) is 9.59 Å². The van der Waals surface area contributed by atoms with Crippen LogP contribution in [0.4, 0.5) is 0 Å². The Morgan fingerprint density at radius 2 is 2.27 bits per heavy atom. The zero-order chi connectivity index (χ0) is 10.8. The average Bonchev–Trinajstić information content (AvgIpc) is 2.71. The van der Waals surface area contributed by atoms with Crippen molar-refractivity contribution < 1.29 is 9.59 Å². The van der Waals surface area contributed by atoms with E-state index < -0.39 is 5.91 Å². The average molecular weight is 211 g/mol. The molecule has 0 aliphatic carbocycles. The number of nitrogens with zero attached hydrogens (tertiary/aromatic N) is 1. The van der Waals surface area contributed by atoms with Crippen LogP contribution >= 0.6 is 0 Å². The Bertz CT molecular complexity index is 274. The van der Waals surface area contributed by atoms with E-state index in [2.05, 4.69) is 10.6 Å². The SMILES string of the molecule is CC1CNC(=O)C(=O)N1CC1CCCN1. The summed E-state index contributed by atoms with van der Waals surface area (Å²) in [6, 6.07) is 0.472. The van der Waals surface area contributed by atoms with Crippen LogP contribution in [0.2, 0.25) is 0 Å². The van der Waals surface area contributed by atoms with Gasteiger partial charge in [-0.05, 0) is 26.3 Å².